The number of carbonyl (C=O) groups is 1. The molecule has 3 rings (SSSR count). The molecule has 0 spiro atoms. The molecule has 2 aromatic heterocycles. The van der Waals surface area contributed by atoms with Crippen LogP contribution in [0.2, 0.25) is 0 Å². The Balaban J connectivity index is 1.88. The van der Waals surface area contributed by atoms with Gasteiger partial charge in [0.1, 0.15) is 12.6 Å². The summed E-state index contributed by atoms with van der Waals surface area (Å²) in [5, 5.41) is 0. The predicted molar refractivity (Wildman–Crippen MR) is 99.1 cm³/mol. The molecule has 0 radical (unpaired) electrons. The van der Waals surface area contributed by atoms with Gasteiger partial charge in [-0.1, -0.05) is 42.5 Å². The van der Waals surface area contributed by atoms with Crippen molar-refractivity contribution < 1.29 is 9.53 Å². The van der Waals surface area contributed by atoms with Gasteiger partial charge in [0.2, 0.25) is 0 Å². The molecule has 5 nitrogen and oxygen atoms in total. The average Bonchev–Trinajstić information content (AvgIpc) is 2.73. The Morgan fingerprint density at radius 3 is 2.00 bits per heavy atom. The summed E-state index contributed by atoms with van der Waals surface area (Å²) in [7, 11) is 0. The van der Waals surface area contributed by atoms with Crippen LogP contribution in [0.1, 0.15) is 23.9 Å². The number of nitrogens with zero attached hydrogens (tertiary/aromatic N) is 2. The van der Waals surface area contributed by atoms with Crippen LogP contribution < -0.4 is 5.73 Å². The van der Waals surface area contributed by atoms with Gasteiger partial charge in [0, 0.05) is 12.4 Å². The highest BCUT2D eigenvalue weighted by atomic mass is 16.5. The fraction of sp³-hybridized carbons (Fsp3) is 0.190. The van der Waals surface area contributed by atoms with Crippen molar-refractivity contribution in [2.45, 2.75) is 25.0 Å². The first-order chi connectivity index (χ1) is 12.6. The molecule has 132 valence electrons. The first-order valence-electron chi connectivity index (χ1n) is 8.41. The van der Waals surface area contributed by atoms with Gasteiger partial charge >= 0.3 is 5.97 Å². The monoisotopic (exact) mass is 347 g/mol. The van der Waals surface area contributed by atoms with Crippen LogP contribution in [0.25, 0.3) is 0 Å². The molecule has 0 aliphatic carbocycles. The summed E-state index contributed by atoms with van der Waals surface area (Å²) in [6, 6.07) is 19.6. The smallest absolute Gasteiger partial charge is 0.324 e. The normalized spacial score (nSPS) is 12.4. The minimum atomic E-state index is -0.948. The number of benzene rings is 1. The quantitative estimate of drug-likeness (QED) is 0.694. The standard InChI is InChI=1S/C21H21N3O2/c1-21(17-11-5-7-13-23-17,18-12-6-8-14-24-18)19(22)20(25)26-15-16-9-3-2-4-10-16/h2-14,19H,15,22H2,1H3. The minimum Gasteiger partial charge on any atom is -0.460 e. The maximum absolute atomic E-state index is 12.7. The van der Waals surface area contributed by atoms with E-state index in [2.05, 4.69) is 9.97 Å². The number of nitrogens with two attached hydrogens (primary N) is 1. The van der Waals surface area contributed by atoms with E-state index in [1.165, 1.54) is 0 Å². The highest BCUT2D eigenvalue weighted by molar-refractivity contribution is 5.78. The van der Waals surface area contributed by atoms with Gasteiger partial charge in [-0.2, -0.15) is 0 Å². The lowest BCUT2D eigenvalue weighted by molar-refractivity contribution is -0.148. The average molecular weight is 347 g/mol. The summed E-state index contributed by atoms with van der Waals surface area (Å²) < 4.78 is 5.46. The minimum absolute atomic E-state index is 0.174. The largest absolute Gasteiger partial charge is 0.460 e. The third-order valence-corrected chi connectivity index (χ3v) is 4.49. The van der Waals surface area contributed by atoms with Crippen molar-refractivity contribution in [3.8, 4) is 0 Å². The molecule has 0 bridgehead atoms. The molecule has 5 heteroatoms. The first kappa shape index (κ1) is 17.8. The molecule has 0 aliphatic heterocycles. The van der Waals surface area contributed by atoms with E-state index in [4.69, 9.17) is 10.5 Å². The molecule has 0 amide bonds. The highest BCUT2D eigenvalue weighted by Crippen LogP contribution is 2.32. The van der Waals surface area contributed by atoms with Gasteiger partial charge in [0.25, 0.3) is 0 Å². The summed E-state index contributed by atoms with van der Waals surface area (Å²) in [6.45, 7) is 2.04. The Morgan fingerprint density at radius 1 is 0.962 bits per heavy atom. The number of hydrogen-bond donors (Lipinski definition) is 1. The van der Waals surface area contributed by atoms with E-state index in [0.717, 1.165) is 5.56 Å². The molecule has 1 aromatic carbocycles. The SMILES string of the molecule is CC(c1ccccn1)(c1ccccn1)C(N)C(=O)OCc1ccccc1. The third kappa shape index (κ3) is 3.63. The zero-order valence-electron chi connectivity index (χ0n) is 14.6. The molecule has 2 N–H and O–H groups in total. The van der Waals surface area contributed by atoms with Crippen LogP contribution in [0.15, 0.2) is 79.1 Å². The molecule has 0 saturated carbocycles. The Morgan fingerprint density at radius 2 is 1.50 bits per heavy atom. The van der Waals surface area contributed by atoms with Crippen molar-refractivity contribution in [3.05, 3.63) is 96.1 Å². The van der Waals surface area contributed by atoms with Gasteiger partial charge in [-0.15, -0.1) is 0 Å². The predicted octanol–water partition coefficient (Wildman–Crippen LogP) is 2.85. The highest BCUT2D eigenvalue weighted by Gasteiger charge is 2.43. The molecule has 0 fully saturated rings. The van der Waals surface area contributed by atoms with E-state index >= 15 is 0 Å². The maximum atomic E-state index is 12.7. The van der Waals surface area contributed by atoms with Gasteiger partial charge in [0.05, 0.1) is 16.8 Å². The fourth-order valence-corrected chi connectivity index (χ4v) is 2.84. The zero-order chi connectivity index (χ0) is 18.4. The molecule has 2 heterocycles. The van der Waals surface area contributed by atoms with E-state index in [1.807, 2.05) is 73.7 Å². The second-order valence-corrected chi connectivity index (χ2v) is 6.20. The molecule has 1 atom stereocenters. The van der Waals surface area contributed by atoms with Gasteiger partial charge < -0.3 is 10.5 Å². The van der Waals surface area contributed by atoms with Crippen LogP contribution in [-0.2, 0) is 21.6 Å². The lowest BCUT2D eigenvalue weighted by Gasteiger charge is -2.33. The molecule has 26 heavy (non-hydrogen) atoms. The van der Waals surface area contributed by atoms with Crippen molar-refractivity contribution in [2.24, 2.45) is 5.73 Å². The molecule has 1 unspecified atom stereocenters. The fourth-order valence-electron chi connectivity index (χ4n) is 2.84. The summed E-state index contributed by atoms with van der Waals surface area (Å²) in [5.74, 6) is -0.493. The van der Waals surface area contributed by atoms with Crippen molar-refractivity contribution in [3.63, 3.8) is 0 Å². The van der Waals surface area contributed by atoms with Crippen LogP contribution in [0.3, 0.4) is 0 Å². The van der Waals surface area contributed by atoms with E-state index < -0.39 is 17.4 Å². The van der Waals surface area contributed by atoms with Crippen molar-refractivity contribution in [1.29, 1.82) is 0 Å². The van der Waals surface area contributed by atoms with Gasteiger partial charge in [0.15, 0.2) is 0 Å². The van der Waals surface area contributed by atoms with E-state index in [1.54, 1.807) is 12.4 Å². The first-order valence-corrected chi connectivity index (χ1v) is 8.41. The summed E-state index contributed by atoms with van der Waals surface area (Å²) in [4.78, 5) is 21.5. The van der Waals surface area contributed by atoms with Gasteiger partial charge in [-0.3, -0.25) is 14.8 Å². The topological polar surface area (TPSA) is 78.1 Å². The Bertz CT molecular complexity index is 799. The van der Waals surface area contributed by atoms with Crippen LogP contribution in [-0.4, -0.2) is 22.0 Å². The second kappa shape index (κ2) is 7.89. The lowest BCUT2D eigenvalue weighted by Crippen LogP contribution is -2.51. The number of esters is 1. The number of rotatable bonds is 6. The Labute approximate surface area is 152 Å². The van der Waals surface area contributed by atoms with Crippen molar-refractivity contribution in [1.82, 2.24) is 9.97 Å². The van der Waals surface area contributed by atoms with E-state index in [-0.39, 0.29) is 6.61 Å². The Kier molecular flexibility index (Phi) is 5.39. The molecule has 0 aliphatic rings. The number of aromatic nitrogens is 2. The van der Waals surface area contributed by atoms with E-state index in [9.17, 15) is 4.79 Å². The van der Waals surface area contributed by atoms with Gasteiger partial charge in [-0.05, 0) is 36.8 Å². The molecule has 0 saturated heterocycles. The summed E-state index contributed by atoms with van der Waals surface area (Å²) >= 11 is 0. The van der Waals surface area contributed by atoms with E-state index in [0.29, 0.717) is 11.4 Å². The lowest BCUT2D eigenvalue weighted by atomic mass is 9.76. The Hall–Kier alpha value is -3.05. The molecular formula is C21H21N3O2. The maximum Gasteiger partial charge on any atom is 0.324 e. The van der Waals surface area contributed by atoms with Crippen LogP contribution >= 0.6 is 0 Å². The van der Waals surface area contributed by atoms with Gasteiger partial charge in [-0.25, -0.2) is 0 Å². The third-order valence-electron chi connectivity index (χ3n) is 4.49. The van der Waals surface area contributed by atoms with Crippen LogP contribution in [0.4, 0.5) is 0 Å². The molecule has 3 aromatic rings. The summed E-state index contributed by atoms with van der Waals surface area (Å²) in [5.41, 5.74) is 7.71. The zero-order valence-corrected chi connectivity index (χ0v) is 14.6. The summed E-state index contributed by atoms with van der Waals surface area (Å²) in [6.07, 6.45) is 3.36. The second-order valence-electron chi connectivity index (χ2n) is 6.20. The van der Waals surface area contributed by atoms with Crippen molar-refractivity contribution in [2.75, 3.05) is 0 Å². The number of ether oxygens (including phenoxy) is 1. The number of carbonyl (C=O) groups excluding carboxylic acids is 1. The van der Waals surface area contributed by atoms with Crippen molar-refractivity contribution >= 4 is 5.97 Å². The molecular weight excluding hydrogens is 326 g/mol. The van der Waals surface area contributed by atoms with Crippen LogP contribution in [0, 0.1) is 0 Å². The number of hydrogen-bond acceptors (Lipinski definition) is 5. The van der Waals surface area contributed by atoms with Crippen LogP contribution in [0.5, 0.6) is 0 Å². The number of pyridine rings is 2.